The highest BCUT2D eigenvalue weighted by atomic mass is 16.1. The van der Waals surface area contributed by atoms with E-state index in [1.54, 1.807) is 6.92 Å². The molecule has 2 nitrogen and oxygen atoms in total. The molecule has 0 radical (unpaired) electrons. The van der Waals surface area contributed by atoms with Gasteiger partial charge in [-0.15, -0.1) is 0 Å². The van der Waals surface area contributed by atoms with Crippen LogP contribution in [0, 0.1) is 0 Å². The number of rotatable bonds is 2. The van der Waals surface area contributed by atoms with Crippen LogP contribution in [-0.4, -0.2) is 23.8 Å². The van der Waals surface area contributed by atoms with Gasteiger partial charge in [-0.05, 0) is 12.8 Å². The fourth-order valence-electron chi connectivity index (χ4n) is 1.21. The SMILES string of the molecule is C=C(C(C)=O)N1CCCC1. The maximum atomic E-state index is 10.8. The van der Waals surface area contributed by atoms with Crippen molar-refractivity contribution in [3.8, 4) is 0 Å². The number of hydrogen-bond donors (Lipinski definition) is 0. The average molecular weight is 139 g/mol. The van der Waals surface area contributed by atoms with E-state index < -0.39 is 0 Å². The molecule has 0 aliphatic carbocycles. The maximum Gasteiger partial charge on any atom is 0.175 e. The first-order valence-corrected chi connectivity index (χ1v) is 3.66. The predicted molar refractivity (Wildman–Crippen MR) is 40.6 cm³/mol. The highest BCUT2D eigenvalue weighted by Crippen LogP contribution is 2.13. The van der Waals surface area contributed by atoms with Crippen molar-refractivity contribution in [3.63, 3.8) is 0 Å². The molecule has 0 saturated carbocycles. The standard InChI is InChI=1S/C8H13NO/c1-7(8(2)10)9-5-3-4-6-9/h1,3-6H2,2H3. The lowest BCUT2D eigenvalue weighted by Crippen LogP contribution is -2.21. The summed E-state index contributed by atoms with van der Waals surface area (Å²) in [6, 6.07) is 0. The molecule has 1 aliphatic heterocycles. The molecule has 1 heterocycles. The van der Waals surface area contributed by atoms with E-state index >= 15 is 0 Å². The summed E-state index contributed by atoms with van der Waals surface area (Å²) in [6.45, 7) is 7.31. The molecule has 1 saturated heterocycles. The highest BCUT2D eigenvalue weighted by Gasteiger charge is 2.15. The minimum Gasteiger partial charge on any atom is -0.369 e. The molecule has 0 unspecified atom stereocenters. The van der Waals surface area contributed by atoms with Crippen LogP contribution in [-0.2, 0) is 4.79 Å². The van der Waals surface area contributed by atoms with Gasteiger partial charge in [0, 0.05) is 20.0 Å². The number of ketones is 1. The van der Waals surface area contributed by atoms with Gasteiger partial charge >= 0.3 is 0 Å². The third-order valence-electron chi connectivity index (χ3n) is 1.89. The molecular formula is C8H13NO. The van der Waals surface area contributed by atoms with Gasteiger partial charge in [-0.1, -0.05) is 6.58 Å². The number of carbonyl (C=O) groups is 1. The van der Waals surface area contributed by atoms with Gasteiger partial charge in [-0.2, -0.15) is 0 Å². The fraction of sp³-hybridized carbons (Fsp3) is 0.625. The topological polar surface area (TPSA) is 20.3 Å². The average Bonchev–Trinajstić information content (AvgIpc) is 2.36. The molecule has 2 heteroatoms. The summed E-state index contributed by atoms with van der Waals surface area (Å²) in [5.74, 6) is 0.0990. The second-order valence-corrected chi connectivity index (χ2v) is 2.70. The van der Waals surface area contributed by atoms with Crippen LogP contribution < -0.4 is 0 Å². The van der Waals surface area contributed by atoms with Crippen molar-refractivity contribution < 1.29 is 4.79 Å². The second-order valence-electron chi connectivity index (χ2n) is 2.70. The molecular weight excluding hydrogens is 126 g/mol. The Bertz CT molecular complexity index is 157. The predicted octanol–water partition coefficient (Wildman–Crippen LogP) is 1.18. The monoisotopic (exact) mass is 139 g/mol. The van der Waals surface area contributed by atoms with Gasteiger partial charge in [0.25, 0.3) is 0 Å². The van der Waals surface area contributed by atoms with E-state index in [1.807, 2.05) is 0 Å². The summed E-state index contributed by atoms with van der Waals surface area (Å²) in [4.78, 5) is 12.8. The molecule has 0 aromatic carbocycles. The van der Waals surface area contributed by atoms with E-state index in [4.69, 9.17) is 0 Å². The number of hydrogen-bond acceptors (Lipinski definition) is 2. The Balaban J connectivity index is 2.48. The van der Waals surface area contributed by atoms with Gasteiger partial charge in [-0.3, -0.25) is 4.79 Å². The first kappa shape index (κ1) is 7.32. The molecule has 0 atom stereocenters. The zero-order chi connectivity index (χ0) is 7.56. The van der Waals surface area contributed by atoms with Crippen LogP contribution in [0.1, 0.15) is 19.8 Å². The summed E-state index contributed by atoms with van der Waals surface area (Å²) in [5, 5.41) is 0. The lowest BCUT2D eigenvalue weighted by molar-refractivity contribution is -0.114. The van der Waals surface area contributed by atoms with Crippen molar-refractivity contribution in [2.24, 2.45) is 0 Å². The third-order valence-corrected chi connectivity index (χ3v) is 1.89. The molecule has 0 N–H and O–H groups in total. The lowest BCUT2D eigenvalue weighted by Gasteiger charge is -2.17. The summed E-state index contributed by atoms with van der Waals surface area (Å²) >= 11 is 0. The molecule has 1 rings (SSSR count). The Morgan fingerprint density at radius 2 is 1.90 bits per heavy atom. The smallest absolute Gasteiger partial charge is 0.175 e. The van der Waals surface area contributed by atoms with E-state index in [-0.39, 0.29) is 5.78 Å². The molecule has 1 aliphatic rings. The van der Waals surface area contributed by atoms with Crippen LogP contribution >= 0.6 is 0 Å². The number of carbonyl (C=O) groups excluding carboxylic acids is 1. The zero-order valence-corrected chi connectivity index (χ0v) is 6.39. The van der Waals surface area contributed by atoms with Crippen molar-refractivity contribution in [3.05, 3.63) is 12.3 Å². The maximum absolute atomic E-state index is 10.8. The Labute approximate surface area is 61.5 Å². The van der Waals surface area contributed by atoms with Crippen LogP contribution in [0.15, 0.2) is 12.3 Å². The quantitative estimate of drug-likeness (QED) is 0.535. The normalized spacial score (nSPS) is 17.5. The minimum absolute atomic E-state index is 0.0990. The third kappa shape index (κ3) is 1.38. The number of nitrogens with zero attached hydrogens (tertiary/aromatic N) is 1. The Kier molecular flexibility index (Phi) is 2.10. The zero-order valence-electron chi connectivity index (χ0n) is 6.39. The van der Waals surface area contributed by atoms with Crippen LogP contribution in [0.4, 0.5) is 0 Å². The Hall–Kier alpha value is -0.790. The van der Waals surface area contributed by atoms with E-state index in [0.29, 0.717) is 5.70 Å². The van der Waals surface area contributed by atoms with Crippen LogP contribution in [0.2, 0.25) is 0 Å². The fourth-order valence-corrected chi connectivity index (χ4v) is 1.21. The Morgan fingerprint density at radius 3 is 2.30 bits per heavy atom. The summed E-state index contributed by atoms with van der Waals surface area (Å²) in [7, 11) is 0. The number of likely N-dealkylation sites (tertiary alicyclic amines) is 1. The van der Waals surface area contributed by atoms with Gasteiger partial charge < -0.3 is 4.90 Å². The van der Waals surface area contributed by atoms with E-state index in [9.17, 15) is 4.79 Å². The molecule has 0 aromatic rings. The molecule has 1 fully saturated rings. The molecule has 56 valence electrons. The van der Waals surface area contributed by atoms with Gasteiger partial charge in [0.2, 0.25) is 0 Å². The van der Waals surface area contributed by atoms with Crippen molar-refractivity contribution in [2.75, 3.05) is 13.1 Å². The second kappa shape index (κ2) is 2.86. The minimum atomic E-state index is 0.0990. The van der Waals surface area contributed by atoms with Crippen LogP contribution in [0.5, 0.6) is 0 Å². The van der Waals surface area contributed by atoms with Crippen molar-refractivity contribution >= 4 is 5.78 Å². The summed E-state index contributed by atoms with van der Waals surface area (Å²) < 4.78 is 0. The summed E-state index contributed by atoms with van der Waals surface area (Å²) in [6.07, 6.45) is 2.40. The lowest BCUT2D eigenvalue weighted by atomic mass is 10.3. The largest absolute Gasteiger partial charge is 0.369 e. The summed E-state index contributed by atoms with van der Waals surface area (Å²) in [5.41, 5.74) is 0.678. The Morgan fingerprint density at radius 1 is 1.40 bits per heavy atom. The van der Waals surface area contributed by atoms with Gasteiger partial charge in [0.1, 0.15) is 0 Å². The first-order valence-electron chi connectivity index (χ1n) is 3.66. The molecule has 0 amide bonds. The highest BCUT2D eigenvalue weighted by molar-refractivity contribution is 5.91. The van der Waals surface area contributed by atoms with Crippen molar-refractivity contribution in [1.82, 2.24) is 4.90 Å². The van der Waals surface area contributed by atoms with Gasteiger partial charge in [0.15, 0.2) is 5.78 Å². The number of allylic oxidation sites excluding steroid dienone is 1. The molecule has 10 heavy (non-hydrogen) atoms. The van der Waals surface area contributed by atoms with E-state index in [1.165, 1.54) is 12.8 Å². The van der Waals surface area contributed by atoms with Crippen LogP contribution in [0.25, 0.3) is 0 Å². The molecule has 0 bridgehead atoms. The molecule has 0 spiro atoms. The van der Waals surface area contributed by atoms with Crippen molar-refractivity contribution in [2.45, 2.75) is 19.8 Å². The van der Waals surface area contributed by atoms with E-state index in [0.717, 1.165) is 13.1 Å². The molecule has 0 aromatic heterocycles. The van der Waals surface area contributed by atoms with E-state index in [2.05, 4.69) is 11.5 Å². The van der Waals surface area contributed by atoms with Crippen LogP contribution in [0.3, 0.4) is 0 Å². The van der Waals surface area contributed by atoms with Crippen molar-refractivity contribution in [1.29, 1.82) is 0 Å². The first-order chi connectivity index (χ1) is 4.72. The van der Waals surface area contributed by atoms with Gasteiger partial charge in [-0.25, -0.2) is 0 Å². The van der Waals surface area contributed by atoms with Gasteiger partial charge in [0.05, 0.1) is 5.70 Å². The number of Topliss-reactive ketones (excluding diaryl/α,β-unsaturated/α-hetero) is 1.